The minimum Gasteiger partial charge on any atom is -0.356 e. The Morgan fingerprint density at radius 3 is 2.88 bits per heavy atom. The second-order valence-corrected chi connectivity index (χ2v) is 3.87. The van der Waals surface area contributed by atoms with Crippen LogP contribution in [0.4, 0.5) is 4.39 Å². The Morgan fingerprint density at radius 1 is 1.25 bits per heavy atom. The van der Waals surface area contributed by atoms with Crippen LogP contribution in [0.5, 0.6) is 0 Å². The van der Waals surface area contributed by atoms with Crippen LogP contribution in [0.25, 0.3) is 11.3 Å². The van der Waals surface area contributed by atoms with E-state index in [-0.39, 0.29) is 5.82 Å². The molecular weight excluding hydrogens is 207 g/mol. The summed E-state index contributed by atoms with van der Waals surface area (Å²) in [6.45, 7) is 1.70. The van der Waals surface area contributed by atoms with Gasteiger partial charge in [0, 0.05) is 30.6 Å². The van der Waals surface area contributed by atoms with Crippen molar-refractivity contribution in [3.8, 4) is 11.3 Å². The van der Waals surface area contributed by atoms with Gasteiger partial charge in [-0.15, -0.1) is 0 Å². The Hall–Kier alpha value is -1.68. The summed E-state index contributed by atoms with van der Waals surface area (Å²) >= 11 is 0. The quantitative estimate of drug-likeness (QED) is 0.796. The van der Waals surface area contributed by atoms with E-state index in [4.69, 9.17) is 4.52 Å². The number of aromatic nitrogens is 1. The van der Waals surface area contributed by atoms with Crippen molar-refractivity contribution in [3.63, 3.8) is 0 Å². The number of hydrogen-bond acceptors (Lipinski definition) is 3. The van der Waals surface area contributed by atoms with Crippen LogP contribution in [-0.4, -0.2) is 11.7 Å². The molecule has 1 aromatic heterocycles. The molecule has 1 N–H and O–H groups in total. The smallest absolute Gasteiger partial charge is 0.171 e. The highest BCUT2D eigenvalue weighted by atomic mass is 19.1. The minimum absolute atomic E-state index is 0.241. The molecule has 1 aliphatic heterocycles. The van der Waals surface area contributed by atoms with Crippen molar-refractivity contribution in [3.05, 3.63) is 41.3 Å². The zero-order valence-corrected chi connectivity index (χ0v) is 8.66. The molecule has 1 aromatic carbocycles. The minimum atomic E-state index is -0.241. The molecule has 4 heteroatoms. The van der Waals surface area contributed by atoms with Gasteiger partial charge in [-0.05, 0) is 24.3 Å². The first-order valence-electron chi connectivity index (χ1n) is 5.28. The molecule has 2 heterocycles. The van der Waals surface area contributed by atoms with E-state index in [0.29, 0.717) is 0 Å². The highest BCUT2D eigenvalue weighted by molar-refractivity contribution is 5.62. The molecule has 0 aliphatic carbocycles. The van der Waals surface area contributed by atoms with Gasteiger partial charge in [-0.25, -0.2) is 4.39 Å². The van der Waals surface area contributed by atoms with Gasteiger partial charge >= 0.3 is 0 Å². The maximum Gasteiger partial charge on any atom is 0.171 e. The molecule has 3 nitrogen and oxygen atoms in total. The lowest BCUT2D eigenvalue weighted by Gasteiger charge is -2.11. The van der Waals surface area contributed by atoms with E-state index in [1.54, 1.807) is 12.1 Å². The van der Waals surface area contributed by atoms with Crippen molar-refractivity contribution in [2.24, 2.45) is 0 Å². The first kappa shape index (κ1) is 9.54. The van der Waals surface area contributed by atoms with E-state index in [1.807, 2.05) is 0 Å². The average Bonchev–Trinajstić information content (AvgIpc) is 2.74. The van der Waals surface area contributed by atoms with Crippen LogP contribution < -0.4 is 5.32 Å². The molecule has 0 fully saturated rings. The molecule has 3 rings (SSSR count). The fraction of sp³-hybridized carbons (Fsp3) is 0.250. The van der Waals surface area contributed by atoms with Crippen LogP contribution in [0.15, 0.2) is 28.8 Å². The predicted octanol–water partition coefficient (Wildman–Crippen LogP) is 2.13. The topological polar surface area (TPSA) is 38.1 Å². The number of benzene rings is 1. The summed E-state index contributed by atoms with van der Waals surface area (Å²) in [5.41, 5.74) is 2.98. The molecule has 0 atom stereocenters. The summed E-state index contributed by atoms with van der Waals surface area (Å²) in [6, 6.07) is 6.29. The van der Waals surface area contributed by atoms with E-state index in [0.717, 1.165) is 42.1 Å². The van der Waals surface area contributed by atoms with Gasteiger partial charge in [0.2, 0.25) is 0 Å². The lowest BCUT2D eigenvalue weighted by molar-refractivity contribution is 0.423. The van der Waals surface area contributed by atoms with Crippen molar-refractivity contribution in [2.45, 2.75) is 13.0 Å². The Morgan fingerprint density at radius 2 is 2.06 bits per heavy atom. The maximum absolute atomic E-state index is 12.8. The number of nitrogens with one attached hydrogen (secondary N) is 1. The summed E-state index contributed by atoms with van der Waals surface area (Å²) in [5, 5.41) is 7.32. The van der Waals surface area contributed by atoms with Gasteiger partial charge in [0.1, 0.15) is 5.82 Å². The summed E-state index contributed by atoms with van der Waals surface area (Å²) in [5.74, 6) is 0.512. The highest BCUT2D eigenvalue weighted by Gasteiger charge is 2.19. The molecule has 0 saturated carbocycles. The van der Waals surface area contributed by atoms with Crippen molar-refractivity contribution in [1.82, 2.24) is 10.5 Å². The van der Waals surface area contributed by atoms with Crippen LogP contribution in [0.2, 0.25) is 0 Å². The first-order valence-corrected chi connectivity index (χ1v) is 5.28. The third-order valence-corrected chi connectivity index (χ3v) is 2.82. The van der Waals surface area contributed by atoms with Crippen LogP contribution >= 0.6 is 0 Å². The Labute approximate surface area is 92.3 Å². The second kappa shape index (κ2) is 3.72. The maximum atomic E-state index is 12.8. The number of hydrogen-bond donors (Lipinski definition) is 1. The van der Waals surface area contributed by atoms with Crippen molar-refractivity contribution in [1.29, 1.82) is 0 Å². The highest BCUT2D eigenvalue weighted by Crippen LogP contribution is 2.28. The standard InChI is InChI=1S/C12H11FN2O/c13-9-3-1-8(2-4-9)12-10-7-14-6-5-11(10)15-16-12/h1-4,14H,5-7H2. The van der Waals surface area contributed by atoms with Crippen molar-refractivity contribution >= 4 is 0 Å². The normalized spacial score (nSPS) is 14.8. The number of fused-ring (bicyclic) bond motifs is 1. The lowest BCUT2D eigenvalue weighted by Crippen LogP contribution is -2.23. The SMILES string of the molecule is Fc1ccc(-c2onc3c2CNCC3)cc1. The first-order chi connectivity index (χ1) is 7.84. The van der Waals surface area contributed by atoms with E-state index < -0.39 is 0 Å². The molecule has 0 amide bonds. The van der Waals surface area contributed by atoms with Gasteiger partial charge in [0.25, 0.3) is 0 Å². The number of halogens is 1. The second-order valence-electron chi connectivity index (χ2n) is 3.87. The van der Waals surface area contributed by atoms with Gasteiger partial charge in [-0.1, -0.05) is 5.16 Å². The fourth-order valence-corrected chi connectivity index (χ4v) is 1.97. The Bertz CT molecular complexity index is 504. The summed E-state index contributed by atoms with van der Waals surface area (Å²) in [6.07, 6.45) is 0.889. The van der Waals surface area contributed by atoms with E-state index in [1.165, 1.54) is 12.1 Å². The van der Waals surface area contributed by atoms with Crippen LogP contribution in [0.1, 0.15) is 11.3 Å². The summed E-state index contributed by atoms with van der Waals surface area (Å²) < 4.78 is 18.1. The molecule has 0 spiro atoms. The van der Waals surface area contributed by atoms with Crippen molar-refractivity contribution in [2.75, 3.05) is 6.54 Å². The van der Waals surface area contributed by atoms with E-state index >= 15 is 0 Å². The average molecular weight is 218 g/mol. The van der Waals surface area contributed by atoms with Gasteiger partial charge < -0.3 is 9.84 Å². The van der Waals surface area contributed by atoms with Gasteiger partial charge in [-0.3, -0.25) is 0 Å². The largest absolute Gasteiger partial charge is 0.356 e. The summed E-state index contributed by atoms with van der Waals surface area (Å²) in [7, 11) is 0. The van der Waals surface area contributed by atoms with Crippen LogP contribution in [0, 0.1) is 5.82 Å². The Kier molecular flexibility index (Phi) is 2.22. The van der Waals surface area contributed by atoms with E-state index in [2.05, 4.69) is 10.5 Å². The zero-order chi connectivity index (χ0) is 11.0. The predicted molar refractivity (Wildman–Crippen MR) is 57.3 cm³/mol. The zero-order valence-electron chi connectivity index (χ0n) is 8.66. The van der Waals surface area contributed by atoms with Gasteiger partial charge in [0.05, 0.1) is 5.69 Å². The van der Waals surface area contributed by atoms with Gasteiger partial charge in [-0.2, -0.15) is 0 Å². The van der Waals surface area contributed by atoms with E-state index in [9.17, 15) is 4.39 Å². The molecule has 0 bridgehead atoms. The molecular formula is C12H11FN2O. The third kappa shape index (κ3) is 1.51. The molecule has 82 valence electrons. The fourth-order valence-electron chi connectivity index (χ4n) is 1.97. The van der Waals surface area contributed by atoms with Gasteiger partial charge in [0.15, 0.2) is 5.76 Å². The molecule has 16 heavy (non-hydrogen) atoms. The Balaban J connectivity index is 2.06. The molecule has 0 unspecified atom stereocenters. The monoisotopic (exact) mass is 218 g/mol. The molecule has 0 radical (unpaired) electrons. The molecule has 1 aliphatic rings. The lowest BCUT2D eigenvalue weighted by atomic mass is 10.0. The van der Waals surface area contributed by atoms with Crippen molar-refractivity contribution < 1.29 is 8.91 Å². The third-order valence-electron chi connectivity index (χ3n) is 2.82. The number of rotatable bonds is 1. The van der Waals surface area contributed by atoms with Crippen LogP contribution in [-0.2, 0) is 13.0 Å². The molecule has 0 saturated heterocycles. The van der Waals surface area contributed by atoms with Crippen LogP contribution in [0.3, 0.4) is 0 Å². The molecule has 2 aromatic rings. The summed E-state index contributed by atoms with van der Waals surface area (Å²) in [4.78, 5) is 0. The number of nitrogens with zero attached hydrogens (tertiary/aromatic N) is 1.